The zero-order chi connectivity index (χ0) is 17.8. The van der Waals surface area contributed by atoms with E-state index in [9.17, 15) is 4.79 Å². The van der Waals surface area contributed by atoms with E-state index in [4.69, 9.17) is 17.1 Å². The van der Waals surface area contributed by atoms with Crippen LogP contribution in [0.4, 0.5) is 5.69 Å². The zero-order valence-electron chi connectivity index (χ0n) is 13.8. The summed E-state index contributed by atoms with van der Waals surface area (Å²) in [5, 5.41) is 7.23. The van der Waals surface area contributed by atoms with Gasteiger partial charge in [0.15, 0.2) is 0 Å². The summed E-state index contributed by atoms with van der Waals surface area (Å²) in [6.45, 7) is 2.65. The first-order valence-electron chi connectivity index (χ1n) is 8.06. The molecular formula is C18H18ClN5O. The summed E-state index contributed by atoms with van der Waals surface area (Å²) in [5.41, 5.74) is 11.4. The lowest BCUT2D eigenvalue weighted by molar-refractivity contribution is -0.122. The molecule has 2 unspecified atom stereocenters. The molecule has 0 aromatic heterocycles. The van der Waals surface area contributed by atoms with Crippen LogP contribution < -0.4 is 5.32 Å². The summed E-state index contributed by atoms with van der Waals surface area (Å²) in [6.07, 6.45) is 0. The Morgan fingerprint density at radius 1 is 1.28 bits per heavy atom. The van der Waals surface area contributed by atoms with Crippen LogP contribution in [0.3, 0.4) is 0 Å². The van der Waals surface area contributed by atoms with Crippen LogP contribution in [0.5, 0.6) is 0 Å². The number of amides is 1. The van der Waals surface area contributed by atoms with Crippen molar-refractivity contribution in [2.75, 3.05) is 18.5 Å². The van der Waals surface area contributed by atoms with Gasteiger partial charge in [0.05, 0.1) is 6.67 Å². The highest BCUT2D eigenvalue weighted by Gasteiger charge is 2.39. The van der Waals surface area contributed by atoms with Crippen LogP contribution in [0.15, 0.2) is 53.6 Å². The number of carbonyl (C=O) groups is 1. The van der Waals surface area contributed by atoms with Crippen molar-refractivity contribution in [1.29, 1.82) is 0 Å². The third kappa shape index (κ3) is 3.46. The summed E-state index contributed by atoms with van der Waals surface area (Å²) >= 11 is 6.22. The highest BCUT2D eigenvalue weighted by molar-refractivity contribution is 6.30. The summed E-state index contributed by atoms with van der Waals surface area (Å²) in [4.78, 5) is 17.6. The molecule has 0 saturated heterocycles. The molecule has 0 bridgehead atoms. The normalized spacial score (nSPS) is 19.1. The van der Waals surface area contributed by atoms with Gasteiger partial charge in [-0.1, -0.05) is 54.0 Å². The van der Waals surface area contributed by atoms with E-state index < -0.39 is 6.04 Å². The Labute approximate surface area is 151 Å². The number of anilines is 1. The molecular weight excluding hydrogens is 338 g/mol. The Morgan fingerprint density at radius 3 is 2.72 bits per heavy atom. The Balaban J connectivity index is 2.15. The molecule has 1 aliphatic rings. The van der Waals surface area contributed by atoms with Crippen LogP contribution in [-0.4, -0.2) is 30.1 Å². The molecule has 1 aliphatic heterocycles. The minimum atomic E-state index is -0.483. The van der Waals surface area contributed by atoms with Crippen molar-refractivity contribution in [2.24, 2.45) is 5.11 Å². The second-order valence-corrected chi connectivity index (χ2v) is 6.27. The monoisotopic (exact) mass is 355 g/mol. The minimum absolute atomic E-state index is 0.112. The Morgan fingerprint density at radius 2 is 2.04 bits per heavy atom. The van der Waals surface area contributed by atoms with Crippen molar-refractivity contribution < 1.29 is 4.79 Å². The lowest BCUT2D eigenvalue weighted by atomic mass is 9.80. The molecule has 2 aromatic rings. The van der Waals surface area contributed by atoms with E-state index in [0.717, 1.165) is 16.8 Å². The summed E-state index contributed by atoms with van der Waals surface area (Å²) in [7, 11) is 0. The van der Waals surface area contributed by atoms with Crippen molar-refractivity contribution in [1.82, 2.24) is 4.90 Å². The van der Waals surface area contributed by atoms with Gasteiger partial charge in [-0.05, 0) is 41.4 Å². The second-order valence-electron chi connectivity index (χ2n) is 5.83. The number of benzene rings is 2. The molecule has 1 N–H and O–H groups in total. The fraction of sp³-hybridized carbons (Fsp3) is 0.278. The molecule has 7 heteroatoms. The maximum Gasteiger partial charge on any atom is 0.242 e. The third-order valence-electron chi connectivity index (χ3n) is 4.46. The van der Waals surface area contributed by atoms with E-state index in [1.54, 1.807) is 6.07 Å². The van der Waals surface area contributed by atoms with E-state index in [0.29, 0.717) is 11.6 Å². The van der Waals surface area contributed by atoms with E-state index in [2.05, 4.69) is 15.3 Å². The quantitative estimate of drug-likeness (QED) is 0.490. The second kappa shape index (κ2) is 7.57. The standard InChI is InChI=1S/C18H18ClN5O/c1-2-24(11-21-23-20)17-16(12-6-4-3-5-7-12)14-10-13(19)8-9-15(14)22-18(17)25/h3-10,16-17H,2,11H2,1H3,(H,22,25). The zero-order valence-corrected chi connectivity index (χ0v) is 14.5. The van der Waals surface area contributed by atoms with E-state index in [1.165, 1.54) is 0 Å². The largest absolute Gasteiger partial charge is 0.324 e. The Bertz CT molecular complexity index is 819. The van der Waals surface area contributed by atoms with Gasteiger partial charge in [0, 0.05) is 21.5 Å². The number of fused-ring (bicyclic) bond motifs is 1. The van der Waals surface area contributed by atoms with Crippen molar-refractivity contribution in [2.45, 2.75) is 18.9 Å². The van der Waals surface area contributed by atoms with Crippen LogP contribution in [-0.2, 0) is 4.79 Å². The summed E-state index contributed by atoms with van der Waals surface area (Å²) < 4.78 is 0. The van der Waals surface area contributed by atoms with Gasteiger partial charge < -0.3 is 5.32 Å². The lowest BCUT2D eigenvalue weighted by Gasteiger charge is -2.39. The topological polar surface area (TPSA) is 81.1 Å². The number of rotatable bonds is 5. The molecule has 1 amide bonds. The SMILES string of the molecule is CCN(CN=[N+]=[N-])C1C(=O)Nc2ccc(Cl)cc2C1c1ccccc1. The van der Waals surface area contributed by atoms with Crippen molar-refractivity contribution in [3.05, 3.63) is 75.1 Å². The summed E-state index contributed by atoms with van der Waals surface area (Å²) in [5.74, 6) is -0.309. The Hall–Kier alpha value is -2.53. The van der Waals surface area contributed by atoms with Crippen molar-refractivity contribution in [3.8, 4) is 0 Å². The molecule has 0 spiro atoms. The number of hydrogen-bond acceptors (Lipinski definition) is 3. The van der Waals surface area contributed by atoms with Gasteiger partial charge in [-0.3, -0.25) is 9.69 Å². The fourth-order valence-electron chi connectivity index (χ4n) is 3.33. The number of hydrogen-bond donors (Lipinski definition) is 1. The van der Waals surface area contributed by atoms with E-state index >= 15 is 0 Å². The van der Waals surface area contributed by atoms with E-state index in [1.807, 2.05) is 54.3 Å². The molecule has 3 rings (SSSR count). The molecule has 25 heavy (non-hydrogen) atoms. The maximum absolute atomic E-state index is 12.9. The highest BCUT2D eigenvalue weighted by atomic mass is 35.5. The number of likely N-dealkylation sites (N-methyl/N-ethyl adjacent to an activating group) is 1. The first-order chi connectivity index (χ1) is 12.2. The van der Waals surface area contributed by atoms with Crippen molar-refractivity contribution in [3.63, 3.8) is 0 Å². The van der Waals surface area contributed by atoms with Gasteiger partial charge in [0.1, 0.15) is 6.04 Å². The van der Waals surface area contributed by atoms with Gasteiger partial charge in [-0.15, -0.1) is 0 Å². The van der Waals surface area contributed by atoms with Gasteiger partial charge in [0.2, 0.25) is 5.91 Å². The van der Waals surface area contributed by atoms with Crippen LogP contribution in [0.25, 0.3) is 10.4 Å². The number of carbonyl (C=O) groups excluding carboxylic acids is 1. The van der Waals surface area contributed by atoms with E-state index in [-0.39, 0.29) is 18.5 Å². The highest BCUT2D eigenvalue weighted by Crippen LogP contribution is 2.40. The number of nitrogens with zero attached hydrogens (tertiary/aromatic N) is 4. The molecule has 0 saturated carbocycles. The first kappa shape index (κ1) is 17.3. The smallest absolute Gasteiger partial charge is 0.242 e. The van der Waals surface area contributed by atoms with Crippen LogP contribution in [0, 0.1) is 0 Å². The summed E-state index contributed by atoms with van der Waals surface area (Å²) in [6, 6.07) is 14.8. The molecule has 2 atom stereocenters. The van der Waals surface area contributed by atoms with Gasteiger partial charge >= 0.3 is 0 Å². The van der Waals surface area contributed by atoms with Crippen molar-refractivity contribution >= 4 is 23.2 Å². The molecule has 0 aliphatic carbocycles. The number of nitrogens with one attached hydrogen (secondary N) is 1. The Kier molecular flexibility index (Phi) is 5.24. The number of azide groups is 1. The van der Waals surface area contributed by atoms with Crippen LogP contribution in [0.1, 0.15) is 24.0 Å². The number of halogens is 1. The average molecular weight is 356 g/mol. The van der Waals surface area contributed by atoms with Gasteiger partial charge in [-0.25, -0.2) is 0 Å². The molecule has 0 fully saturated rings. The van der Waals surface area contributed by atoms with Gasteiger partial charge in [-0.2, -0.15) is 0 Å². The van der Waals surface area contributed by atoms with Crippen LogP contribution >= 0.6 is 11.6 Å². The predicted molar refractivity (Wildman–Crippen MR) is 98.5 cm³/mol. The molecule has 0 radical (unpaired) electrons. The average Bonchev–Trinajstić information content (AvgIpc) is 2.63. The predicted octanol–water partition coefficient (Wildman–Crippen LogP) is 4.38. The minimum Gasteiger partial charge on any atom is -0.324 e. The third-order valence-corrected chi connectivity index (χ3v) is 4.69. The lowest BCUT2D eigenvalue weighted by Crippen LogP contribution is -2.50. The molecule has 2 aromatic carbocycles. The molecule has 1 heterocycles. The van der Waals surface area contributed by atoms with Gasteiger partial charge in [0.25, 0.3) is 0 Å². The first-order valence-corrected chi connectivity index (χ1v) is 8.43. The maximum atomic E-state index is 12.9. The molecule has 6 nitrogen and oxygen atoms in total. The fourth-order valence-corrected chi connectivity index (χ4v) is 3.51. The van der Waals surface area contributed by atoms with Crippen LogP contribution in [0.2, 0.25) is 5.02 Å². The molecule has 128 valence electrons.